The zero-order chi connectivity index (χ0) is 16.2. The Morgan fingerprint density at radius 1 is 1.35 bits per heavy atom. The maximum atomic E-state index is 10.6. The Balaban J connectivity index is 1.87. The molecule has 3 aliphatic carbocycles. The molecule has 1 aromatic carbocycles. The van der Waals surface area contributed by atoms with Crippen LogP contribution >= 0.6 is 0 Å². The number of aryl methyl sites for hydroxylation is 1. The van der Waals surface area contributed by atoms with Gasteiger partial charge < -0.3 is 9.84 Å². The summed E-state index contributed by atoms with van der Waals surface area (Å²) in [5, 5.41) is 10.6. The van der Waals surface area contributed by atoms with E-state index in [2.05, 4.69) is 43.9 Å². The largest absolute Gasteiger partial charge is 0.497 e. The van der Waals surface area contributed by atoms with Gasteiger partial charge in [0.05, 0.1) is 13.2 Å². The Hall–Kier alpha value is -1.54. The predicted octanol–water partition coefficient (Wildman–Crippen LogP) is 4.38. The minimum absolute atomic E-state index is 0.00165. The average Bonchev–Trinajstić information content (AvgIpc) is 2.89. The lowest BCUT2D eigenvalue weighted by Gasteiger charge is -2.52. The molecule has 0 heterocycles. The molecule has 4 rings (SSSR count). The van der Waals surface area contributed by atoms with Gasteiger partial charge in [0, 0.05) is 10.8 Å². The number of benzene rings is 1. The van der Waals surface area contributed by atoms with Crippen molar-refractivity contribution < 1.29 is 9.84 Å². The zero-order valence-electron chi connectivity index (χ0n) is 14.1. The van der Waals surface area contributed by atoms with Crippen molar-refractivity contribution in [1.29, 1.82) is 0 Å². The van der Waals surface area contributed by atoms with Crippen LogP contribution in [0.2, 0.25) is 0 Å². The lowest BCUT2D eigenvalue weighted by atomic mass is 9.51. The summed E-state index contributed by atoms with van der Waals surface area (Å²) in [4.78, 5) is 0. The first kappa shape index (κ1) is 15.0. The number of hydrogen-bond donors (Lipinski definition) is 1. The summed E-state index contributed by atoms with van der Waals surface area (Å²) in [5.41, 5.74) is 4.21. The number of hydrogen-bond acceptors (Lipinski definition) is 2. The van der Waals surface area contributed by atoms with Crippen molar-refractivity contribution in [3.63, 3.8) is 0 Å². The monoisotopic (exact) mass is 310 g/mol. The van der Waals surface area contributed by atoms with Crippen LogP contribution in [-0.2, 0) is 6.42 Å². The lowest BCUT2D eigenvalue weighted by molar-refractivity contribution is 0.00986. The van der Waals surface area contributed by atoms with Crippen molar-refractivity contribution in [3.05, 3.63) is 48.1 Å². The fraction of sp³-hybridized carbons (Fsp3) is 0.524. The summed E-state index contributed by atoms with van der Waals surface area (Å²) >= 11 is 0. The molecule has 2 heteroatoms. The molecule has 1 saturated carbocycles. The smallest absolute Gasteiger partial charge is 0.119 e. The number of methoxy groups -OCH3 is 1. The standard InChI is InChI=1S/C21H26O2/c1-4-21-12-9-14-13-15(23-3)5-6-16(14)17(21)10-11-20(2)18(21)7-8-19(20)22/h4-6,10,13,18-19,22H,1,7-9,11-12H2,2-3H3/t18-,19+,20+,21-/m1/s1. The molecule has 4 atom stereocenters. The van der Waals surface area contributed by atoms with E-state index in [1.54, 1.807) is 7.11 Å². The van der Waals surface area contributed by atoms with E-state index in [0.29, 0.717) is 5.92 Å². The molecular weight excluding hydrogens is 284 g/mol. The van der Waals surface area contributed by atoms with Crippen molar-refractivity contribution in [2.75, 3.05) is 7.11 Å². The van der Waals surface area contributed by atoms with Gasteiger partial charge in [-0.3, -0.25) is 0 Å². The minimum atomic E-state index is -0.181. The summed E-state index contributed by atoms with van der Waals surface area (Å²) in [5.74, 6) is 1.44. The maximum absolute atomic E-state index is 10.6. The summed E-state index contributed by atoms with van der Waals surface area (Å²) < 4.78 is 5.39. The van der Waals surface area contributed by atoms with Gasteiger partial charge >= 0.3 is 0 Å². The highest BCUT2D eigenvalue weighted by Gasteiger charge is 2.58. The fourth-order valence-corrected chi connectivity index (χ4v) is 5.57. The van der Waals surface area contributed by atoms with Gasteiger partial charge in [0.15, 0.2) is 0 Å². The van der Waals surface area contributed by atoms with Gasteiger partial charge in [0.2, 0.25) is 0 Å². The van der Waals surface area contributed by atoms with E-state index in [0.717, 1.165) is 37.9 Å². The Bertz CT molecular complexity index is 689. The summed E-state index contributed by atoms with van der Waals surface area (Å²) in [6.45, 7) is 6.51. The van der Waals surface area contributed by atoms with Crippen LogP contribution in [0.3, 0.4) is 0 Å². The van der Waals surface area contributed by atoms with E-state index >= 15 is 0 Å². The second-order valence-electron chi connectivity index (χ2n) is 7.74. The Labute approximate surface area is 138 Å². The minimum Gasteiger partial charge on any atom is -0.497 e. The molecule has 23 heavy (non-hydrogen) atoms. The molecule has 0 radical (unpaired) electrons. The van der Waals surface area contributed by atoms with Gasteiger partial charge in [-0.2, -0.15) is 0 Å². The Kier molecular flexibility index (Phi) is 3.25. The van der Waals surface area contributed by atoms with Crippen LogP contribution in [0.4, 0.5) is 0 Å². The molecule has 0 aliphatic heterocycles. The van der Waals surface area contributed by atoms with E-state index in [1.165, 1.54) is 16.7 Å². The van der Waals surface area contributed by atoms with E-state index < -0.39 is 0 Å². The van der Waals surface area contributed by atoms with E-state index in [1.807, 2.05) is 0 Å². The number of allylic oxidation sites excluding steroid dienone is 3. The molecule has 0 saturated heterocycles. The molecule has 0 aromatic heterocycles. The van der Waals surface area contributed by atoms with Crippen molar-refractivity contribution in [3.8, 4) is 5.75 Å². The Morgan fingerprint density at radius 2 is 2.17 bits per heavy atom. The summed E-state index contributed by atoms with van der Waals surface area (Å²) in [6, 6.07) is 6.46. The van der Waals surface area contributed by atoms with E-state index in [-0.39, 0.29) is 16.9 Å². The van der Waals surface area contributed by atoms with Crippen LogP contribution in [0.5, 0.6) is 5.75 Å². The molecule has 1 fully saturated rings. The SMILES string of the molecule is C=C[C@@]12CCc3cc(OC)ccc3C1=CC[C@@]1(C)[C@H]2CC[C@@H]1O. The molecule has 122 valence electrons. The van der Waals surface area contributed by atoms with Gasteiger partial charge in [-0.05, 0) is 66.9 Å². The van der Waals surface area contributed by atoms with Crippen LogP contribution < -0.4 is 4.74 Å². The first-order valence-electron chi connectivity index (χ1n) is 8.75. The molecule has 0 bridgehead atoms. The zero-order valence-corrected chi connectivity index (χ0v) is 14.1. The fourth-order valence-electron chi connectivity index (χ4n) is 5.57. The Morgan fingerprint density at radius 3 is 2.91 bits per heavy atom. The second-order valence-corrected chi connectivity index (χ2v) is 7.74. The van der Waals surface area contributed by atoms with Gasteiger partial charge in [0.25, 0.3) is 0 Å². The van der Waals surface area contributed by atoms with Crippen LogP contribution in [0.15, 0.2) is 36.9 Å². The molecule has 0 amide bonds. The van der Waals surface area contributed by atoms with Gasteiger partial charge in [-0.15, -0.1) is 6.58 Å². The van der Waals surface area contributed by atoms with E-state index in [9.17, 15) is 5.11 Å². The topological polar surface area (TPSA) is 29.5 Å². The second kappa shape index (κ2) is 4.98. The quantitative estimate of drug-likeness (QED) is 0.822. The third-order valence-corrected chi connectivity index (χ3v) is 6.93. The number of aliphatic hydroxyl groups is 1. The normalized spacial score (nSPS) is 38.1. The lowest BCUT2D eigenvalue weighted by Crippen LogP contribution is -2.46. The maximum Gasteiger partial charge on any atom is 0.119 e. The molecular formula is C21H26O2. The van der Waals surface area contributed by atoms with Crippen LogP contribution in [-0.4, -0.2) is 18.3 Å². The summed E-state index contributed by atoms with van der Waals surface area (Å²) in [6.07, 6.45) is 9.53. The van der Waals surface area contributed by atoms with Crippen LogP contribution in [0.25, 0.3) is 5.57 Å². The van der Waals surface area contributed by atoms with Crippen molar-refractivity contribution in [2.24, 2.45) is 16.7 Å². The predicted molar refractivity (Wildman–Crippen MR) is 93.4 cm³/mol. The number of fused-ring (bicyclic) bond motifs is 5. The highest BCUT2D eigenvalue weighted by Crippen LogP contribution is 2.65. The van der Waals surface area contributed by atoms with Gasteiger partial charge in [-0.1, -0.05) is 25.1 Å². The van der Waals surface area contributed by atoms with Crippen molar-refractivity contribution in [1.82, 2.24) is 0 Å². The number of aliphatic hydroxyl groups excluding tert-OH is 1. The third-order valence-electron chi connectivity index (χ3n) is 6.93. The first-order chi connectivity index (χ1) is 11.0. The highest BCUT2D eigenvalue weighted by atomic mass is 16.5. The first-order valence-corrected chi connectivity index (χ1v) is 8.75. The molecule has 2 nitrogen and oxygen atoms in total. The van der Waals surface area contributed by atoms with Gasteiger partial charge in [0.1, 0.15) is 5.75 Å². The molecule has 1 aromatic rings. The molecule has 1 N–H and O–H groups in total. The third kappa shape index (κ3) is 1.85. The highest BCUT2D eigenvalue weighted by molar-refractivity contribution is 5.78. The molecule has 3 aliphatic rings. The number of ether oxygens (including phenoxy) is 1. The van der Waals surface area contributed by atoms with Crippen molar-refractivity contribution >= 4 is 5.57 Å². The summed E-state index contributed by atoms with van der Waals surface area (Å²) in [7, 11) is 1.73. The van der Waals surface area contributed by atoms with Crippen LogP contribution in [0.1, 0.15) is 43.7 Å². The molecule has 0 spiro atoms. The average molecular weight is 310 g/mol. The van der Waals surface area contributed by atoms with E-state index in [4.69, 9.17) is 4.74 Å². The van der Waals surface area contributed by atoms with Crippen molar-refractivity contribution in [2.45, 2.75) is 45.1 Å². The van der Waals surface area contributed by atoms with Gasteiger partial charge in [-0.25, -0.2) is 0 Å². The molecule has 0 unspecified atom stereocenters. The van der Waals surface area contributed by atoms with Crippen LogP contribution in [0, 0.1) is 16.7 Å². The number of rotatable bonds is 2.